The fourth-order valence-corrected chi connectivity index (χ4v) is 1.29. The third kappa shape index (κ3) is 2.50. The minimum atomic E-state index is -0.225. The zero-order valence-corrected chi connectivity index (χ0v) is 7.60. The van der Waals surface area contributed by atoms with Gasteiger partial charge in [0, 0.05) is 6.04 Å². The summed E-state index contributed by atoms with van der Waals surface area (Å²) in [5.41, 5.74) is 6.75. The molecule has 0 amide bonds. The van der Waals surface area contributed by atoms with Crippen LogP contribution in [0.2, 0.25) is 0 Å². The van der Waals surface area contributed by atoms with Crippen LogP contribution in [0.5, 0.6) is 0 Å². The number of rotatable bonds is 3. The zero-order chi connectivity index (χ0) is 8.97. The molecule has 1 rings (SSSR count). The van der Waals surface area contributed by atoms with Crippen LogP contribution in [0.25, 0.3) is 0 Å². The second-order valence-corrected chi connectivity index (χ2v) is 3.12. The molecule has 0 bridgehead atoms. The van der Waals surface area contributed by atoms with Gasteiger partial charge in [-0.05, 0) is 29.9 Å². The normalized spacial score (nSPS) is 12.9. The maximum absolute atomic E-state index is 12.5. The van der Waals surface area contributed by atoms with E-state index < -0.39 is 0 Å². The topological polar surface area (TPSA) is 26.0 Å². The Labute approximate surface area is 77.2 Å². The molecule has 1 aromatic rings. The summed E-state index contributed by atoms with van der Waals surface area (Å²) in [6.07, 6.45) is 0.814. The van der Waals surface area contributed by atoms with Gasteiger partial charge in [-0.15, -0.1) is 0 Å². The van der Waals surface area contributed by atoms with Gasteiger partial charge in [-0.2, -0.15) is 12.6 Å². The molecule has 0 aliphatic heterocycles. The standard InChI is InChI=1S/C9H12FNS/c10-8-3-1-7(2-4-8)9(11)5-6-12/h1-4,9,12H,5-6,11H2. The van der Waals surface area contributed by atoms with E-state index in [1.807, 2.05) is 0 Å². The predicted octanol–water partition coefficient (Wildman–Crippen LogP) is 2.15. The Morgan fingerprint density at radius 2 is 1.92 bits per heavy atom. The molecule has 12 heavy (non-hydrogen) atoms. The van der Waals surface area contributed by atoms with Crippen molar-refractivity contribution in [3.8, 4) is 0 Å². The number of thiol groups is 1. The first-order chi connectivity index (χ1) is 5.74. The summed E-state index contributed by atoms with van der Waals surface area (Å²) in [4.78, 5) is 0. The van der Waals surface area contributed by atoms with E-state index >= 15 is 0 Å². The Balaban J connectivity index is 2.68. The quantitative estimate of drug-likeness (QED) is 0.693. The summed E-state index contributed by atoms with van der Waals surface area (Å²) in [7, 11) is 0. The van der Waals surface area contributed by atoms with Crippen molar-refractivity contribution >= 4 is 12.6 Å². The second kappa shape index (κ2) is 4.48. The third-order valence-corrected chi connectivity index (χ3v) is 2.00. The Bertz CT molecular complexity index is 235. The number of nitrogens with two attached hydrogens (primary N) is 1. The lowest BCUT2D eigenvalue weighted by molar-refractivity contribution is 0.624. The SMILES string of the molecule is NC(CCS)c1ccc(F)cc1. The molecule has 0 aliphatic carbocycles. The largest absolute Gasteiger partial charge is 0.324 e. The molecule has 0 heterocycles. The van der Waals surface area contributed by atoms with Gasteiger partial charge in [0.25, 0.3) is 0 Å². The van der Waals surface area contributed by atoms with Crippen LogP contribution in [0.1, 0.15) is 18.0 Å². The molecular weight excluding hydrogens is 173 g/mol. The van der Waals surface area contributed by atoms with Crippen molar-refractivity contribution in [3.05, 3.63) is 35.6 Å². The zero-order valence-electron chi connectivity index (χ0n) is 6.70. The molecule has 1 aromatic carbocycles. The summed E-state index contributed by atoms with van der Waals surface area (Å²) in [5.74, 6) is 0.523. The van der Waals surface area contributed by atoms with Gasteiger partial charge in [0.15, 0.2) is 0 Å². The van der Waals surface area contributed by atoms with Crippen LogP contribution in [-0.4, -0.2) is 5.75 Å². The average Bonchev–Trinajstić information content (AvgIpc) is 2.06. The van der Waals surface area contributed by atoms with Crippen molar-refractivity contribution < 1.29 is 4.39 Å². The summed E-state index contributed by atoms with van der Waals surface area (Å²) in [6, 6.07) is 6.25. The van der Waals surface area contributed by atoms with Crippen LogP contribution in [-0.2, 0) is 0 Å². The van der Waals surface area contributed by atoms with E-state index in [-0.39, 0.29) is 11.9 Å². The summed E-state index contributed by atoms with van der Waals surface area (Å²) >= 11 is 4.08. The number of hydrogen-bond acceptors (Lipinski definition) is 2. The minimum absolute atomic E-state index is 0.0249. The molecule has 0 aromatic heterocycles. The maximum atomic E-state index is 12.5. The molecule has 66 valence electrons. The Kier molecular flexibility index (Phi) is 3.56. The van der Waals surface area contributed by atoms with Gasteiger partial charge in [0.05, 0.1) is 0 Å². The number of benzene rings is 1. The van der Waals surface area contributed by atoms with Crippen molar-refractivity contribution in [2.24, 2.45) is 5.73 Å². The first-order valence-electron chi connectivity index (χ1n) is 3.86. The lowest BCUT2D eigenvalue weighted by atomic mass is 10.1. The van der Waals surface area contributed by atoms with Crippen molar-refractivity contribution in [1.29, 1.82) is 0 Å². The number of hydrogen-bond donors (Lipinski definition) is 2. The van der Waals surface area contributed by atoms with Crippen molar-refractivity contribution in [2.45, 2.75) is 12.5 Å². The molecule has 0 aliphatic rings. The molecule has 0 spiro atoms. The van der Waals surface area contributed by atoms with Gasteiger partial charge in [-0.1, -0.05) is 12.1 Å². The molecule has 1 atom stereocenters. The summed E-state index contributed by atoms with van der Waals surface area (Å²) in [5, 5.41) is 0. The van der Waals surface area contributed by atoms with E-state index in [9.17, 15) is 4.39 Å². The van der Waals surface area contributed by atoms with Crippen LogP contribution >= 0.6 is 12.6 Å². The van der Waals surface area contributed by atoms with E-state index in [1.165, 1.54) is 12.1 Å². The molecule has 3 heteroatoms. The Hall–Kier alpha value is -0.540. The lowest BCUT2D eigenvalue weighted by Crippen LogP contribution is -2.10. The fourth-order valence-electron chi connectivity index (χ4n) is 1.02. The number of halogens is 1. The molecule has 0 saturated heterocycles. The lowest BCUT2D eigenvalue weighted by Gasteiger charge is -2.09. The smallest absolute Gasteiger partial charge is 0.123 e. The van der Waals surface area contributed by atoms with Crippen LogP contribution in [0, 0.1) is 5.82 Å². The van der Waals surface area contributed by atoms with Crippen LogP contribution in [0.4, 0.5) is 4.39 Å². The highest BCUT2D eigenvalue weighted by atomic mass is 32.1. The molecule has 0 fully saturated rings. The van der Waals surface area contributed by atoms with E-state index in [0.717, 1.165) is 17.7 Å². The molecule has 0 saturated carbocycles. The van der Waals surface area contributed by atoms with Gasteiger partial charge >= 0.3 is 0 Å². The second-order valence-electron chi connectivity index (χ2n) is 2.67. The predicted molar refractivity (Wildman–Crippen MR) is 51.8 cm³/mol. The van der Waals surface area contributed by atoms with E-state index in [0.29, 0.717) is 0 Å². The van der Waals surface area contributed by atoms with Crippen molar-refractivity contribution in [1.82, 2.24) is 0 Å². The highest BCUT2D eigenvalue weighted by molar-refractivity contribution is 7.80. The minimum Gasteiger partial charge on any atom is -0.324 e. The molecule has 1 nitrogen and oxygen atoms in total. The summed E-state index contributed by atoms with van der Waals surface area (Å²) in [6.45, 7) is 0. The Morgan fingerprint density at radius 1 is 1.33 bits per heavy atom. The maximum Gasteiger partial charge on any atom is 0.123 e. The molecule has 2 N–H and O–H groups in total. The van der Waals surface area contributed by atoms with Crippen LogP contribution in [0.15, 0.2) is 24.3 Å². The van der Waals surface area contributed by atoms with Gasteiger partial charge in [0.2, 0.25) is 0 Å². The van der Waals surface area contributed by atoms with Crippen LogP contribution < -0.4 is 5.73 Å². The van der Waals surface area contributed by atoms with Gasteiger partial charge in [-0.3, -0.25) is 0 Å². The average molecular weight is 185 g/mol. The first kappa shape index (κ1) is 9.55. The van der Waals surface area contributed by atoms with Crippen molar-refractivity contribution in [2.75, 3.05) is 5.75 Å². The van der Waals surface area contributed by atoms with Gasteiger partial charge in [-0.25, -0.2) is 4.39 Å². The van der Waals surface area contributed by atoms with Gasteiger partial charge in [0.1, 0.15) is 5.82 Å². The Morgan fingerprint density at radius 3 is 2.42 bits per heavy atom. The first-order valence-corrected chi connectivity index (χ1v) is 4.49. The highest BCUT2D eigenvalue weighted by Crippen LogP contribution is 2.14. The highest BCUT2D eigenvalue weighted by Gasteiger charge is 2.03. The van der Waals surface area contributed by atoms with E-state index in [2.05, 4.69) is 12.6 Å². The third-order valence-electron chi connectivity index (χ3n) is 1.74. The molecule has 1 unspecified atom stereocenters. The van der Waals surface area contributed by atoms with Crippen molar-refractivity contribution in [3.63, 3.8) is 0 Å². The fraction of sp³-hybridized carbons (Fsp3) is 0.333. The monoisotopic (exact) mass is 185 g/mol. The molecule has 0 radical (unpaired) electrons. The molecular formula is C9H12FNS. The van der Waals surface area contributed by atoms with E-state index in [1.54, 1.807) is 12.1 Å². The summed E-state index contributed by atoms with van der Waals surface area (Å²) < 4.78 is 12.5. The van der Waals surface area contributed by atoms with Gasteiger partial charge < -0.3 is 5.73 Å². The van der Waals surface area contributed by atoms with Crippen LogP contribution in [0.3, 0.4) is 0 Å². The van der Waals surface area contributed by atoms with E-state index in [4.69, 9.17) is 5.73 Å².